The minimum atomic E-state index is -0.245. The van der Waals surface area contributed by atoms with Crippen molar-refractivity contribution in [1.29, 1.82) is 0 Å². The molecule has 1 fully saturated rings. The minimum absolute atomic E-state index is 0.125. The summed E-state index contributed by atoms with van der Waals surface area (Å²) in [5.74, 6) is 0.520. The van der Waals surface area contributed by atoms with E-state index in [0.717, 1.165) is 24.9 Å². The molecule has 0 unspecified atom stereocenters. The predicted molar refractivity (Wildman–Crippen MR) is 74.6 cm³/mol. The van der Waals surface area contributed by atoms with Crippen LogP contribution in [-0.4, -0.2) is 30.1 Å². The quantitative estimate of drug-likeness (QED) is 0.910. The van der Waals surface area contributed by atoms with Crippen LogP contribution < -0.4 is 5.73 Å². The molecule has 1 aliphatic rings. The fraction of sp³-hybridized carbons (Fsp3) is 0.533. The lowest BCUT2D eigenvalue weighted by molar-refractivity contribution is 0.0588. The molecule has 0 aliphatic carbocycles. The summed E-state index contributed by atoms with van der Waals surface area (Å²) in [6.07, 6.45) is 1.86. The monoisotopic (exact) mass is 262 g/mol. The van der Waals surface area contributed by atoms with Crippen molar-refractivity contribution < 1.29 is 9.53 Å². The highest BCUT2D eigenvalue weighted by Crippen LogP contribution is 2.22. The third kappa shape index (κ3) is 3.70. The van der Waals surface area contributed by atoms with Gasteiger partial charge < -0.3 is 15.4 Å². The van der Waals surface area contributed by atoms with Crippen molar-refractivity contribution in [3.8, 4) is 0 Å². The zero-order chi connectivity index (χ0) is 13.7. The highest BCUT2D eigenvalue weighted by atomic mass is 16.6. The molecule has 2 N–H and O–H groups in total. The number of carbonyl (C=O) groups excluding carboxylic acids is 1. The lowest BCUT2D eigenvalue weighted by Crippen LogP contribution is -2.49. The fourth-order valence-corrected chi connectivity index (χ4v) is 2.48. The number of nitrogens with zero attached hydrogens (tertiary/aromatic N) is 1. The standard InChI is InChI=1S/C15H22N2O2/c1-12-7-8-14(9-16)17(10-12)15(18)19-11-13-5-3-2-4-6-13/h2-6,12,14H,7-11,16H2,1H3/t12-,14+/m1/s1. The lowest BCUT2D eigenvalue weighted by atomic mass is 9.95. The maximum atomic E-state index is 12.1. The molecule has 19 heavy (non-hydrogen) atoms. The molecule has 1 saturated heterocycles. The molecule has 1 aliphatic heterocycles. The highest BCUT2D eigenvalue weighted by Gasteiger charge is 2.29. The first-order valence-corrected chi connectivity index (χ1v) is 6.88. The van der Waals surface area contributed by atoms with Crippen LogP contribution in [0.1, 0.15) is 25.3 Å². The van der Waals surface area contributed by atoms with E-state index in [1.54, 1.807) is 4.90 Å². The van der Waals surface area contributed by atoms with Crippen LogP contribution in [0.2, 0.25) is 0 Å². The molecular formula is C15H22N2O2. The Balaban J connectivity index is 1.90. The van der Waals surface area contributed by atoms with Crippen LogP contribution in [0, 0.1) is 5.92 Å². The largest absolute Gasteiger partial charge is 0.445 e. The van der Waals surface area contributed by atoms with E-state index in [4.69, 9.17) is 10.5 Å². The van der Waals surface area contributed by atoms with E-state index in [-0.39, 0.29) is 12.1 Å². The van der Waals surface area contributed by atoms with Gasteiger partial charge in [-0.05, 0) is 24.3 Å². The Morgan fingerprint density at radius 2 is 2.11 bits per heavy atom. The Morgan fingerprint density at radius 1 is 1.37 bits per heavy atom. The van der Waals surface area contributed by atoms with Crippen LogP contribution in [0.4, 0.5) is 4.79 Å². The summed E-state index contributed by atoms with van der Waals surface area (Å²) in [4.78, 5) is 13.9. The van der Waals surface area contributed by atoms with E-state index in [9.17, 15) is 4.79 Å². The topological polar surface area (TPSA) is 55.6 Å². The lowest BCUT2D eigenvalue weighted by Gasteiger charge is -2.37. The number of piperidine rings is 1. The van der Waals surface area contributed by atoms with Crippen molar-refractivity contribution in [3.05, 3.63) is 35.9 Å². The van der Waals surface area contributed by atoms with Crippen molar-refractivity contribution in [2.24, 2.45) is 11.7 Å². The summed E-state index contributed by atoms with van der Waals surface area (Å²) in [5, 5.41) is 0. The number of nitrogens with two attached hydrogens (primary N) is 1. The summed E-state index contributed by atoms with van der Waals surface area (Å²) in [6.45, 7) is 3.73. The summed E-state index contributed by atoms with van der Waals surface area (Å²) in [5.41, 5.74) is 6.74. The maximum absolute atomic E-state index is 12.1. The van der Waals surface area contributed by atoms with Gasteiger partial charge in [0.25, 0.3) is 0 Å². The van der Waals surface area contributed by atoms with Gasteiger partial charge in [0.1, 0.15) is 6.61 Å². The van der Waals surface area contributed by atoms with Gasteiger partial charge in [-0.1, -0.05) is 37.3 Å². The first-order valence-electron chi connectivity index (χ1n) is 6.88. The van der Waals surface area contributed by atoms with E-state index >= 15 is 0 Å². The van der Waals surface area contributed by atoms with Crippen LogP contribution >= 0.6 is 0 Å². The number of hydrogen-bond acceptors (Lipinski definition) is 3. The molecular weight excluding hydrogens is 240 g/mol. The third-order valence-electron chi connectivity index (χ3n) is 3.65. The van der Waals surface area contributed by atoms with Gasteiger partial charge in [-0.2, -0.15) is 0 Å². The third-order valence-corrected chi connectivity index (χ3v) is 3.65. The van der Waals surface area contributed by atoms with Gasteiger partial charge in [0, 0.05) is 19.1 Å². The van der Waals surface area contributed by atoms with Gasteiger partial charge in [0.2, 0.25) is 0 Å². The first-order chi connectivity index (χ1) is 9.20. The van der Waals surface area contributed by atoms with E-state index in [1.165, 1.54) is 0 Å². The maximum Gasteiger partial charge on any atom is 0.410 e. The minimum Gasteiger partial charge on any atom is -0.445 e. The van der Waals surface area contributed by atoms with Crippen molar-refractivity contribution in [3.63, 3.8) is 0 Å². The van der Waals surface area contributed by atoms with Crippen LogP contribution in [0.3, 0.4) is 0 Å². The first kappa shape index (κ1) is 13.9. The molecule has 2 rings (SSSR count). The number of carbonyl (C=O) groups is 1. The average molecular weight is 262 g/mol. The van der Waals surface area contributed by atoms with Crippen molar-refractivity contribution >= 4 is 6.09 Å². The van der Waals surface area contributed by atoms with Crippen LogP contribution in [-0.2, 0) is 11.3 Å². The molecule has 0 spiro atoms. The molecule has 0 aromatic heterocycles. The number of hydrogen-bond donors (Lipinski definition) is 1. The fourth-order valence-electron chi connectivity index (χ4n) is 2.48. The Labute approximate surface area is 114 Å². The summed E-state index contributed by atoms with van der Waals surface area (Å²) in [6, 6.07) is 9.85. The van der Waals surface area contributed by atoms with E-state index in [0.29, 0.717) is 19.1 Å². The zero-order valence-corrected chi connectivity index (χ0v) is 11.4. The van der Waals surface area contributed by atoms with E-state index < -0.39 is 0 Å². The molecule has 1 aromatic carbocycles. The van der Waals surface area contributed by atoms with Gasteiger partial charge in [-0.3, -0.25) is 0 Å². The molecule has 2 atom stereocenters. The van der Waals surface area contributed by atoms with Gasteiger partial charge in [-0.25, -0.2) is 4.79 Å². The molecule has 4 nitrogen and oxygen atoms in total. The van der Waals surface area contributed by atoms with Gasteiger partial charge >= 0.3 is 6.09 Å². The molecule has 1 aromatic rings. The molecule has 0 bridgehead atoms. The molecule has 4 heteroatoms. The summed E-state index contributed by atoms with van der Waals surface area (Å²) >= 11 is 0. The molecule has 0 radical (unpaired) electrons. The van der Waals surface area contributed by atoms with Gasteiger partial charge in [0.05, 0.1) is 0 Å². The van der Waals surface area contributed by atoms with Crippen molar-refractivity contribution in [2.45, 2.75) is 32.4 Å². The predicted octanol–water partition coefficient (Wildman–Crippen LogP) is 2.38. The van der Waals surface area contributed by atoms with E-state index in [1.807, 2.05) is 30.3 Å². The molecule has 1 amide bonds. The van der Waals surface area contributed by atoms with Gasteiger partial charge in [0.15, 0.2) is 0 Å². The normalized spacial score (nSPS) is 23.2. The Bertz CT molecular complexity index is 408. The number of likely N-dealkylation sites (tertiary alicyclic amines) is 1. The van der Waals surface area contributed by atoms with Crippen molar-refractivity contribution in [2.75, 3.05) is 13.1 Å². The number of ether oxygens (including phenoxy) is 1. The highest BCUT2D eigenvalue weighted by molar-refractivity contribution is 5.68. The van der Waals surface area contributed by atoms with Crippen LogP contribution in [0.5, 0.6) is 0 Å². The Kier molecular flexibility index (Phi) is 4.80. The number of rotatable bonds is 3. The second kappa shape index (κ2) is 6.57. The number of benzene rings is 1. The molecule has 0 saturated carbocycles. The van der Waals surface area contributed by atoms with Crippen molar-refractivity contribution in [1.82, 2.24) is 4.90 Å². The average Bonchev–Trinajstić information content (AvgIpc) is 2.46. The zero-order valence-electron chi connectivity index (χ0n) is 11.4. The molecule has 1 heterocycles. The van der Waals surface area contributed by atoms with Gasteiger partial charge in [-0.15, -0.1) is 0 Å². The summed E-state index contributed by atoms with van der Waals surface area (Å²) < 4.78 is 5.38. The van der Waals surface area contributed by atoms with E-state index in [2.05, 4.69) is 6.92 Å². The second-order valence-electron chi connectivity index (χ2n) is 5.26. The van der Waals surface area contributed by atoms with Crippen LogP contribution in [0.15, 0.2) is 30.3 Å². The Hall–Kier alpha value is -1.55. The summed E-state index contributed by atoms with van der Waals surface area (Å²) in [7, 11) is 0. The second-order valence-corrected chi connectivity index (χ2v) is 5.26. The van der Waals surface area contributed by atoms with Crippen LogP contribution in [0.25, 0.3) is 0 Å². The smallest absolute Gasteiger partial charge is 0.410 e. The SMILES string of the molecule is C[C@@H]1CC[C@@H](CN)N(C(=O)OCc2ccccc2)C1. The Morgan fingerprint density at radius 3 is 2.79 bits per heavy atom. The molecule has 104 valence electrons. The number of amides is 1.